The number of aliphatic carboxylic acids is 1. The molecule has 1 saturated heterocycles. The second-order valence-corrected chi connectivity index (χ2v) is 7.76. The lowest BCUT2D eigenvalue weighted by Crippen LogP contribution is -2.51. The normalized spacial score (nSPS) is 36.2. The van der Waals surface area contributed by atoms with Gasteiger partial charge < -0.3 is 5.11 Å². The quantitative estimate of drug-likeness (QED) is 0.852. The van der Waals surface area contributed by atoms with Crippen molar-refractivity contribution in [3.05, 3.63) is 0 Å². The van der Waals surface area contributed by atoms with Crippen LogP contribution in [0.3, 0.4) is 0 Å². The van der Waals surface area contributed by atoms with Crippen molar-refractivity contribution in [2.45, 2.75) is 71.8 Å². The zero-order valence-electron chi connectivity index (χ0n) is 13.4. The van der Waals surface area contributed by atoms with Gasteiger partial charge in [-0.15, -0.1) is 0 Å². The van der Waals surface area contributed by atoms with E-state index < -0.39 is 11.4 Å². The Labute approximate surface area is 123 Å². The molecule has 2 rings (SSSR count). The zero-order chi connectivity index (χ0) is 14.8. The summed E-state index contributed by atoms with van der Waals surface area (Å²) in [6.45, 7) is 8.40. The van der Waals surface area contributed by atoms with Gasteiger partial charge in [0, 0.05) is 12.6 Å². The molecule has 0 amide bonds. The average molecular weight is 281 g/mol. The van der Waals surface area contributed by atoms with E-state index >= 15 is 0 Å². The summed E-state index contributed by atoms with van der Waals surface area (Å²) in [5.74, 6) is 1.02. The number of hydrogen-bond donors (Lipinski definition) is 1. The minimum Gasteiger partial charge on any atom is -0.481 e. The van der Waals surface area contributed by atoms with Crippen LogP contribution in [0.5, 0.6) is 0 Å². The Bertz CT molecular complexity index is 342. The molecule has 1 heterocycles. The molecule has 3 unspecified atom stereocenters. The molecule has 116 valence electrons. The summed E-state index contributed by atoms with van der Waals surface area (Å²) in [4.78, 5) is 14.0. The lowest BCUT2D eigenvalue weighted by Gasteiger charge is -2.44. The number of piperidine rings is 1. The van der Waals surface area contributed by atoms with Crippen LogP contribution in [0.15, 0.2) is 0 Å². The first-order chi connectivity index (χ1) is 9.40. The van der Waals surface area contributed by atoms with Crippen LogP contribution in [0.25, 0.3) is 0 Å². The average Bonchev–Trinajstić information content (AvgIpc) is 2.38. The molecule has 0 radical (unpaired) electrons. The van der Waals surface area contributed by atoms with E-state index in [0.29, 0.717) is 6.04 Å². The summed E-state index contributed by atoms with van der Waals surface area (Å²) in [5, 5.41) is 9.46. The third kappa shape index (κ3) is 3.75. The fraction of sp³-hybridized carbons (Fsp3) is 0.941. The summed E-state index contributed by atoms with van der Waals surface area (Å²) >= 11 is 0. The Balaban J connectivity index is 1.95. The van der Waals surface area contributed by atoms with E-state index in [1.165, 1.54) is 32.1 Å². The number of likely N-dealkylation sites (tertiary alicyclic amines) is 1. The lowest BCUT2D eigenvalue weighted by molar-refractivity contribution is -0.152. The predicted octanol–water partition coefficient (Wildman–Crippen LogP) is 3.78. The maximum absolute atomic E-state index is 11.5. The Hall–Kier alpha value is -0.570. The van der Waals surface area contributed by atoms with Crippen molar-refractivity contribution in [3.63, 3.8) is 0 Å². The number of carbonyl (C=O) groups is 1. The Kier molecular flexibility index (Phi) is 5.11. The maximum Gasteiger partial charge on any atom is 0.310 e. The van der Waals surface area contributed by atoms with Crippen molar-refractivity contribution < 1.29 is 9.90 Å². The second-order valence-electron chi connectivity index (χ2n) is 7.76. The highest BCUT2D eigenvalue weighted by molar-refractivity contribution is 5.74. The SMILES string of the molecule is CC(C)CC1CCCC(N2CCCC(C)(C(=O)O)C2)C1. The van der Waals surface area contributed by atoms with Gasteiger partial charge in [0.2, 0.25) is 0 Å². The summed E-state index contributed by atoms with van der Waals surface area (Å²) in [6.07, 6.45) is 8.45. The molecule has 1 aliphatic carbocycles. The molecular formula is C17H31NO2. The first kappa shape index (κ1) is 15.8. The minimum absolute atomic E-state index is 0.525. The van der Waals surface area contributed by atoms with E-state index in [4.69, 9.17) is 0 Å². The van der Waals surface area contributed by atoms with E-state index in [0.717, 1.165) is 37.8 Å². The predicted molar refractivity (Wildman–Crippen MR) is 81.8 cm³/mol. The molecule has 1 aliphatic heterocycles. The van der Waals surface area contributed by atoms with Gasteiger partial charge in [-0.25, -0.2) is 0 Å². The minimum atomic E-state index is -0.614. The molecule has 0 bridgehead atoms. The van der Waals surface area contributed by atoms with Crippen molar-refractivity contribution >= 4 is 5.97 Å². The molecule has 3 heteroatoms. The monoisotopic (exact) mass is 281 g/mol. The smallest absolute Gasteiger partial charge is 0.310 e. The van der Waals surface area contributed by atoms with Crippen LogP contribution in [-0.2, 0) is 4.79 Å². The number of carboxylic acid groups (broad SMARTS) is 1. The second kappa shape index (κ2) is 6.46. The van der Waals surface area contributed by atoms with Crippen LogP contribution < -0.4 is 0 Å². The van der Waals surface area contributed by atoms with E-state index in [-0.39, 0.29) is 0 Å². The van der Waals surface area contributed by atoms with Crippen LogP contribution >= 0.6 is 0 Å². The molecule has 0 aromatic heterocycles. The van der Waals surface area contributed by atoms with Crippen molar-refractivity contribution in [1.29, 1.82) is 0 Å². The highest BCUT2D eigenvalue weighted by Gasteiger charge is 2.40. The van der Waals surface area contributed by atoms with E-state index in [1.807, 2.05) is 6.92 Å². The van der Waals surface area contributed by atoms with Gasteiger partial charge in [0.05, 0.1) is 5.41 Å². The molecular weight excluding hydrogens is 250 g/mol. The van der Waals surface area contributed by atoms with Gasteiger partial charge >= 0.3 is 5.97 Å². The molecule has 0 aromatic carbocycles. The number of hydrogen-bond acceptors (Lipinski definition) is 2. The van der Waals surface area contributed by atoms with Crippen LogP contribution in [0, 0.1) is 17.3 Å². The van der Waals surface area contributed by atoms with Gasteiger partial charge in [0.1, 0.15) is 0 Å². The molecule has 1 saturated carbocycles. The molecule has 3 nitrogen and oxygen atoms in total. The maximum atomic E-state index is 11.5. The van der Waals surface area contributed by atoms with Crippen molar-refractivity contribution in [2.75, 3.05) is 13.1 Å². The van der Waals surface area contributed by atoms with Crippen LogP contribution in [-0.4, -0.2) is 35.1 Å². The fourth-order valence-electron chi connectivity index (χ4n) is 4.24. The van der Waals surface area contributed by atoms with Gasteiger partial charge in [0.25, 0.3) is 0 Å². The molecule has 20 heavy (non-hydrogen) atoms. The molecule has 2 fully saturated rings. The topological polar surface area (TPSA) is 40.5 Å². The van der Waals surface area contributed by atoms with E-state index in [1.54, 1.807) is 0 Å². The number of carboxylic acids is 1. The highest BCUT2D eigenvalue weighted by atomic mass is 16.4. The highest BCUT2D eigenvalue weighted by Crippen LogP contribution is 2.36. The molecule has 1 N–H and O–H groups in total. The Morgan fingerprint density at radius 3 is 2.75 bits per heavy atom. The summed E-state index contributed by atoms with van der Waals surface area (Å²) in [5.41, 5.74) is -0.525. The lowest BCUT2D eigenvalue weighted by atomic mass is 9.77. The van der Waals surface area contributed by atoms with E-state index in [2.05, 4.69) is 18.7 Å². The Morgan fingerprint density at radius 1 is 1.35 bits per heavy atom. The first-order valence-corrected chi connectivity index (χ1v) is 8.38. The third-order valence-electron chi connectivity index (χ3n) is 5.32. The van der Waals surface area contributed by atoms with Gasteiger partial charge in [-0.2, -0.15) is 0 Å². The summed E-state index contributed by atoms with van der Waals surface area (Å²) in [7, 11) is 0. The number of nitrogens with zero attached hydrogens (tertiary/aromatic N) is 1. The largest absolute Gasteiger partial charge is 0.481 e. The summed E-state index contributed by atoms with van der Waals surface area (Å²) < 4.78 is 0. The molecule has 0 aromatic rings. The first-order valence-electron chi connectivity index (χ1n) is 8.38. The van der Waals surface area contributed by atoms with Crippen molar-refractivity contribution in [1.82, 2.24) is 4.90 Å². The van der Waals surface area contributed by atoms with Crippen molar-refractivity contribution in [2.24, 2.45) is 17.3 Å². The number of rotatable bonds is 4. The molecule has 3 atom stereocenters. The van der Waals surface area contributed by atoms with Gasteiger partial charge in [0.15, 0.2) is 0 Å². The van der Waals surface area contributed by atoms with Crippen LogP contribution in [0.4, 0.5) is 0 Å². The summed E-state index contributed by atoms with van der Waals surface area (Å²) in [6, 6.07) is 0.631. The standard InChI is InChI=1S/C17H31NO2/c1-13(2)10-14-6-4-7-15(11-14)18-9-5-8-17(3,12-18)16(19)20/h13-15H,4-12H2,1-3H3,(H,19,20). The Morgan fingerprint density at radius 2 is 2.10 bits per heavy atom. The fourth-order valence-corrected chi connectivity index (χ4v) is 4.24. The zero-order valence-corrected chi connectivity index (χ0v) is 13.4. The van der Waals surface area contributed by atoms with Crippen LogP contribution in [0.1, 0.15) is 65.7 Å². The van der Waals surface area contributed by atoms with Gasteiger partial charge in [-0.3, -0.25) is 9.69 Å². The van der Waals surface area contributed by atoms with Gasteiger partial charge in [-0.05, 0) is 57.4 Å². The molecule has 2 aliphatic rings. The third-order valence-corrected chi connectivity index (χ3v) is 5.32. The van der Waals surface area contributed by atoms with Crippen molar-refractivity contribution in [3.8, 4) is 0 Å². The van der Waals surface area contributed by atoms with E-state index in [9.17, 15) is 9.90 Å². The van der Waals surface area contributed by atoms with Crippen LogP contribution in [0.2, 0.25) is 0 Å². The molecule has 0 spiro atoms. The van der Waals surface area contributed by atoms with Gasteiger partial charge in [-0.1, -0.05) is 26.7 Å².